The van der Waals surface area contributed by atoms with Crippen LogP contribution in [-0.2, 0) is 17.8 Å². The Balaban J connectivity index is 1.57. The number of carbonyl (C=O) groups excluding carboxylic acids is 1. The fraction of sp³-hybridized carbons (Fsp3) is 0.250. The monoisotopic (exact) mass is 359 g/mol. The van der Waals surface area contributed by atoms with Crippen molar-refractivity contribution in [2.75, 3.05) is 11.1 Å². The topological polar surface area (TPSA) is 106 Å². The molecule has 8 nitrogen and oxygen atoms in total. The Morgan fingerprint density at radius 1 is 1.36 bits per heavy atom. The summed E-state index contributed by atoms with van der Waals surface area (Å²) in [7, 11) is 0. The Kier molecular flexibility index (Phi) is 5.34. The smallest absolute Gasteiger partial charge is 0.338 e. The highest BCUT2D eigenvalue weighted by Crippen LogP contribution is 2.15. The van der Waals surface area contributed by atoms with Gasteiger partial charge in [0.1, 0.15) is 0 Å². The number of hydrogen-bond donors (Lipinski definition) is 2. The predicted octanol–water partition coefficient (Wildman–Crippen LogP) is 1.84. The van der Waals surface area contributed by atoms with Crippen LogP contribution in [0.25, 0.3) is 0 Å². The van der Waals surface area contributed by atoms with E-state index >= 15 is 0 Å². The Bertz CT molecular complexity index is 900. The highest BCUT2D eigenvalue weighted by Gasteiger charge is 2.12. The average molecular weight is 359 g/mol. The number of H-pyrrole nitrogens is 1. The molecule has 2 heterocycles. The molecule has 0 aliphatic heterocycles. The molecule has 9 heteroatoms. The number of nitrogens with one attached hydrogen (secondary N) is 2. The van der Waals surface area contributed by atoms with Gasteiger partial charge in [0.05, 0.1) is 11.4 Å². The summed E-state index contributed by atoms with van der Waals surface area (Å²) in [6.45, 7) is 2.26. The number of amides is 1. The van der Waals surface area contributed by atoms with Crippen LogP contribution in [0.1, 0.15) is 11.3 Å². The van der Waals surface area contributed by atoms with Crippen LogP contribution < -0.4 is 11.0 Å². The third kappa shape index (κ3) is 4.60. The van der Waals surface area contributed by atoms with E-state index in [1.165, 1.54) is 16.3 Å². The molecule has 0 aliphatic carbocycles. The molecule has 2 N–H and O–H groups in total. The zero-order valence-electron chi connectivity index (χ0n) is 13.6. The minimum Gasteiger partial charge on any atom is -0.338 e. The number of rotatable bonds is 7. The van der Waals surface area contributed by atoms with E-state index in [0.29, 0.717) is 29.7 Å². The first-order chi connectivity index (χ1) is 12.1. The molecule has 0 bridgehead atoms. The Labute approximate surface area is 147 Å². The first-order valence-electron chi connectivity index (χ1n) is 7.67. The molecule has 0 unspecified atom stereocenters. The van der Waals surface area contributed by atoms with Crippen molar-refractivity contribution in [3.63, 3.8) is 0 Å². The number of aromatic nitrogens is 4. The van der Waals surface area contributed by atoms with Crippen molar-refractivity contribution in [3.8, 4) is 0 Å². The van der Waals surface area contributed by atoms with E-state index in [1.807, 2.05) is 30.3 Å². The largest absolute Gasteiger partial charge is 0.343 e. The van der Waals surface area contributed by atoms with Gasteiger partial charge < -0.3 is 4.52 Å². The maximum Gasteiger partial charge on any atom is 0.343 e. The van der Waals surface area contributed by atoms with E-state index in [4.69, 9.17) is 4.52 Å². The second-order valence-corrected chi connectivity index (χ2v) is 6.31. The number of nitrogens with zero attached hydrogens (tertiary/aromatic N) is 3. The van der Waals surface area contributed by atoms with Crippen LogP contribution in [0.5, 0.6) is 0 Å². The zero-order chi connectivity index (χ0) is 17.6. The van der Waals surface area contributed by atoms with Crippen molar-refractivity contribution >= 4 is 23.6 Å². The minimum absolute atomic E-state index is 0.107. The normalized spacial score (nSPS) is 10.8. The van der Waals surface area contributed by atoms with Gasteiger partial charge in [-0.25, -0.2) is 9.89 Å². The molecule has 1 aromatic carbocycles. The summed E-state index contributed by atoms with van der Waals surface area (Å²) in [4.78, 5) is 23.9. The summed E-state index contributed by atoms with van der Waals surface area (Å²) in [6, 6.07) is 11.5. The zero-order valence-corrected chi connectivity index (χ0v) is 14.4. The summed E-state index contributed by atoms with van der Waals surface area (Å²) in [5, 5.41) is 13.2. The lowest BCUT2D eigenvalue weighted by Crippen LogP contribution is -2.20. The quantitative estimate of drug-likeness (QED) is 0.624. The third-order valence-electron chi connectivity index (χ3n) is 3.41. The molecule has 0 saturated heterocycles. The maximum absolute atomic E-state index is 11.9. The lowest BCUT2D eigenvalue weighted by Gasteiger charge is -2.05. The molecular weight excluding hydrogens is 342 g/mol. The molecule has 3 aromatic rings. The number of benzene rings is 1. The van der Waals surface area contributed by atoms with Gasteiger partial charge in [-0.3, -0.25) is 14.7 Å². The SMILES string of the molecule is Cc1cc(NC(=O)CSc2n[nH]c(=O)n2CCc2ccccc2)on1. The van der Waals surface area contributed by atoms with Crippen LogP contribution in [-0.4, -0.2) is 31.6 Å². The lowest BCUT2D eigenvalue weighted by molar-refractivity contribution is -0.113. The predicted molar refractivity (Wildman–Crippen MR) is 93.6 cm³/mol. The van der Waals surface area contributed by atoms with Crippen molar-refractivity contribution in [3.05, 3.63) is 58.1 Å². The molecule has 130 valence electrons. The summed E-state index contributed by atoms with van der Waals surface area (Å²) >= 11 is 1.18. The molecule has 0 aliphatic rings. The van der Waals surface area contributed by atoms with Crippen LogP contribution in [0.4, 0.5) is 5.88 Å². The number of hydrogen-bond acceptors (Lipinski definition) is 6. The van der Waals surface area contributed by atoms with Crippen LogP contribution >= 0.6 is 11.8 Å². The van der Waals surface area contributed by atoms with Crippen molar-refractivity contribution in [2.45, 2.75) is 25.0 Å². The lowest BCUT2D eigenvalue weighted by atomic mass is 10.1. The van der Waals surface area contributed by atoms with E-state index in [2.05, 4.69) is 20.7 Å². The Hall–Kier alpha value is -2.81. The summed E-state index contributed by atoms with van der Waals surface area (Å²) < 4.78 is 6.47. The van der Waals surface area contributed by atoms with Crippen molar-refractivity contribution in [2.24, 2.45) is 0 Å². The number of aryl methyl sites for hydroxylation is 2. The molecular formula is C16H17N5O3S. The maximum atomic E-state index is 11.9. The molecule has 0 atom stereocenters. The highest BCUT2D eigenvalue weighted by atomic mass is 32.2. The Morgan fingerprint density at radius 2 is 2.16 bits per heavy atom. The van der Waals surface area contributed by atoms with Gasteiger partial charge in [0, 0.05) is 12.6 Å². The standard InChI is InChI=1S/C16H17N5O3S/c1-11-9-14(24-20-11)17-13(22)10-25-16-19-18-15(23)21(16)8-7-12-5-3-2-4-6-12/h2-6,9H,7-8,10H2,1H3,(H,17,22)(H,18,23). The summed E-state index contributed by atoms with van der Waals surface area (Å²) in [5.41, 5.74) is 1.53. The summed E-state index contributed by atoms with van der Waals surface area (Å²) in [5.74, 6) is 0.146. The fourth-order valence-corrected chi connectivity index (χ4v) is 2.99. The molecule has 3 rings (SSSR count). The van der Waals surface area contributed by atoms with E-state index < -0.39 is 0 Å². The van der Waals surface area contributed by atoms with Gasteiger partial charge in [-0.1, -0.05) is 47.3 Å². The van der Waals surface area contributed by atoms with Gasteiger partial charge >= 0.3 is 5.69 Å². The molecule has 25 heavy (non-hydrogen) atoms. The van der Waals surface area contributed by atoms with Crippen LogP contribution in [0, 0.1) is 6.92 Å². The number of thioether (sulfide) groups is 1. The number of aromatic amines is 1. The molecule has 0 saturated carbocycles. The van der Waals surface area contributed by atoms with Crippen molar-refractivity contribution in [1.82, 2.24) is 19.9 Å². The Morgan fingerprint density at radius 3 is 2.88 bits per heavy atom. The average Bonchev–Trinajstić information content (AvgIpc) is 3.17. The second-order valence-electron chi connectivity index (χ2n) is 5.37. The fourth-order valence-electron chi connectivity index (χ4n) is 2.22. The van der Waals surface area contributed by atoms with E-state index in [-0.39, 0.29) is 17.3 Å². The van der Waals surface area contributed by atoms with Gasteiger partial charge in [0.15, 0.2) is 5.16 Å². The van der Waals surface area contributed by atoms with Crippen molar-refractivity contribution in [1.29, 1.82) is 0 Å². The van der Waals surface area contributed by atoms with Crippen molar-refractivity contribution < 1.29 is 9.32 Å². The van der Waals surface area contributed by atoms with Gasteiger partial charge in [-0.15, -0.1) is 5.10 Å². The second kappa shape index (κ2) is 7.84. The first-order valence-corrected chi connectivity index (χ1v) is 8.65. The van der Waals surface area contributed by atoms with Gasteiger partial charge in [-0.2, -0.15) is 0 Å². The van der Waals surface area contributed by atoms with Crippen LogP contribution in [0.15, 0.2) is 50.9 Å². The van der Waals surface area contributed by atoms with Gasteiger partial charge in [-0.05, 0) is 18.9 Å². The van der Waals surface area contributed by atoms with E-state index in [1.54, 1.807) is 13.0 Å². The van der Waals surface area contributed by atoms with Crippen LogP contribution in [0.3, 0.4) is 0 Å². The first kappa shape index (κ1) is 17.0. The van der Waals surface area contributed by atoms with Crippen LogP contribution in [0.2, 0.25) is 0 Å². The number of anilines is 1. The molecule has 0 radical (unpaired) electrons. The summed E-state index contributed by atoms with van der Waals surface area (Å²) in [6.07, 6.45) is 0.706. The van der Waals surface area contributed by atoms with Gasteiger partial charge in [0.2, 0.25) is 11.8 Å². The molecule has 2 aromatic heterocycles. The minimum atomic E-state index is -0.287. The molecule has 1 amide bonds. The third-order valence-corrected chi connectivity index (χ3v) is 4.39. The van der Waals surface area contributed by atoms with E-state index in [9.17, 15) is 9.59 Å². The van der Waals surface area contributed by atoms with E-state index in [0.717, 1.165) is 5.56 Å². The highest BCUT2D eigenvalue weighted by molar-refractivity contribution is 7.99. The molecule has 0 fully saturated rings. The molecule has 0 spiro atoms. The van der Waals surface area contributed by atoms with Gasteiger partial charge in [0.25, 0.3) is 0 Å². The number of carbonyl (C=O) groups is 1.